The minimum atomic E-state index is -7.11. The molecule has 0 aliphatic carbocycles. The van der Waals surface area contributed by atoms with E-state index in [4.69, 9.17) is 9.79 Å². The molecule has 0 radical (unpaired) electrons. The van der Waals surface area contributed by atoms with Crippen molar-refractivity contribution in [1.82, 2.24) is 0 Å². The van der Waals surface area contributed by atoms with Crippen LogP contribution < -0.4 is 0 Å². The van der Waals surface area contributed by atoms with E-state index >= 15 is 0 Å². The molecule has 0 aliphatic rings. The number of halogens is 9. The van der Waals surface area contributed by atoms with Crippen LogP contribution in [0.15, 0.2) is 0 Å². The number of hydrogen-bond donors (Lipinski definition) is 2. The van der Waals surface area contributed by atoms with Gasteiger partial charge in [0.2, 0.25) is 0 Å². The molecule has 122 valence electrons. The standard InChI is InChI=1S/C6H6F9O4P/c1-2(7)3(8,9)4(10,11)5(12,13)6(14,15)19-20(16,17)18/h2H,1H3,(H2,16,17,18). The van der Waals surface area contributed by atoms with Gasteiger partial charge in [-0.25, -0.2) is 13.5 Å². The van der Waals surface area contributed by atoms with E-state index in [0.717, 1.165) is 0 Å². The molecule has 1 unspecified atom stereocenters. The van der Waals surface area contributed by atoms with E-state index in [1.54, 1.807) is 0 Å². The monoisotopic (exact) mass is 344 g/mol. The van der Waals surface area contributed by atoms with E-state index in [9.17, 15) is 44.1 Å². The first-order chi connectivity index (χ1) is 8.40. The summed E-state index contributed by atoms with van der Waals surface area (Å²) in [6.45, 7) is -0.300. The smallest absolute Gasteiger partial charge is 0.303 e. The number of alkyl halides is 9. The summed E-state index contributed by atoms with van der Waals surface area (Å²) >= 11 is 0. The number of phosphoric acid groups is 1. The Balaban J connectivity index is 5.78. The van der Waals surface area contributed by atoms with Gasteiger partial charge < -0.3 is 9.79 Å². The van der Waals surface area contributed by atoms with Gasteiger partial charge in [-0.05, 0) is 6.92 Å². The predicted octanol–water partition coefficient (Wildman–Crippen LogP) is 2.95. The molecular formula is C6H6F9O4P. The van der Waals surface area contributed by atoms with E-state index in [1.807, 2.05) is 0 Å². The van der Waals surface area contributed by atoms with Gasteiger partial charge >= 0.3 is 31.7 Å². The van der Waals surface area contributed by atoms with Crippen molar-refractivity contribution in [2.75, 3.05) is 0 Å². The molecule has 0 bridgehead atoms. The zero-order chi connectivity index (χ0) is 16.8. The van der Waals surface area contributed by atoms with Crippen molar-refractivity contribution in [3.05, 3.63) is 0 Å². The van der Waals surface area contributed by atoms with Crippen molar-refractivity contribution in [3.8, 4) is 0 Å². The van der Waals surface area contributed by atoms with Gasteiger partial charge in [0.05, 0.1) is 0 Å². The summed E-state index contributed by atoms with van der Waals surface area (Å²) in [6.07, 6.45) is -10.7. The molecule has 4 nitrogen and oxygen atoms in total. The summed E-state index contributed by atoms with van der Waals surface area (Å²) in [5.74, 6) is -20.4. The van der Waals surface area contributed by atoms with E-state index in [1.165, 1.54) is 0 Å². The van der Waals surface area contributed by atoms with Crippen LogP contribution in [-0.4, -0.2) is 39.8 Å². The summed E-state index contributed by atoms with van der Waals surface area (Å²) in [7, 11) is -6.43. The van der Waals surface area contributed by atoms with Crippen LogP contribution in [0.3, 0.4) is 0 Å². The van der Waals surface area contributed by atoms with Crippen molar-refractivity contribution < 1.29 is 58.4 Å². The van der Waals surface area contributed by atoms with Gasteiger partial charge in [-0.1, -0.05) is 0 Å². The highest BCUT2D eigenvalue weighted by atomic mass is 31.2. The van der Waals surface area contributed by atoms with Crippen LogP contribution in [0.25, 0.3) is 0 Å². The minimum absolute atomic E-state index is 0.300. The van der Waals surface area contributed by atoms with Gasteiger partial charge in [0.1, 0.15) is 0 Å². The summed E-state index contributed by atoms with van der Waals surface area (Å²) in [5, 5.41) is 0. The summed E-state index contributed by atoms with van der Waals surface area (Å²) in [6, 6.07) is 0. The lowest BCUT2D eigenvalue weighted by Gasteiger charge is -2.36. The highest BCUT2D eigenvalue weighted by Crippen LogP contribution is 2.57. The molecule has 0 heterocycles. The van der Waals surface area contributed by atoms with Crippen LogP contribution in [0.2, 0.25) is 0 Å². The molecular weight excluding hydrogens is 338 g/mol. The van der Waals surface area contributed by atoms with Crippen LogP contribution in [0.4, 0.5) is 39.5 Å². The summed E-state index contributed by atoms with van der Waals surface area (Å²) in [4.78, 5) is 15.7. The van der Waals surface area contributed by atoms with Crippen LogP contribution in [0, 0.1) is 0 Å². The van der Waals surface area contributed by atoms with Crippen LogP contribution in [0.5, 0.6) is 0 Å². The summed E-state index contributed by atoms with van der Waals surface area (Å²) < 4.78 is 126. The second-order valence-corrected chi connectivity index (χ2v) is 4.65. The molecule has 2 N–H and O–H groups in total. The maximum absolute atomic E-state index is 12.8. The lowest BCUT2D eigenvalue weighted by Crippen LogP contribution is -2.64. The average molecular weight is 344 g/mol. The van der Waals surface area contributed by atoms with Gasteiger partial charge in [0, 0.05) is 0 Å². The maximum atomic E-state index is 12.8. The Kier molecular flexibility index (Phi) is 4.91. The Labute approximate surface area is 104 Å². The molecule has 20 heavy (non-hydrogen) atoms. The van der Waals surface area contributed by atoms with Crippen molar-refractivity contribution >= 4 is 7.82 Å². The highest BCUT2D eigenvalue weighted by Gasteiger charge is 2.83. The minimum Gasteiger partial charge on any atom is -0.303 e. The third-order valence-electron chi connectivity index (χ3n) is 1.91. The van der Waals surface area contributed by atoms with E-state index in [0.29, 0.717) is 0 Å². The second kappa shape index (κ2) is 5.04. The molecule has 14 heteroatoms. The SMILES string of the molecule is CC(F)C(F)(F)C(F)(F)C(F)(F)C(F)(F)OP(=O)(O)O. The first kappa shape index (κ1) is 19.5. The van der Waals surface area contributed by atoms with Crippen molar-refractivity contribution in [1.29, 1.82) is 0 Å². The van der Waals surface area contributed by atoms with Gasteiger partial charge in [0.15, 0.2) is 6.17 Å². The van der Waals surface area contributed by atoms with Crippen LogP contribution in [-0.2, 0) is 9.09 Å². The molecule has 0 saturated heterocycles. The van der Waals surface area contributed by atoms with Gasteiger partial charge in [0.25, 0.3) is 0 Å². The van der Waals surface area contributed by atoms with Crippen molar-refractivity contribution in [3.63, 3.8) is 0 Å². The molecule has 0 amide bonds. The molecule has 0 fully saturated rings. The Hall–Kier alpha value is -0.520. The highest BCUT2D eigenvalue weighted by molar-refractivity contribution is 7.46. The van der Waals surface area contributed by atoms with E-state index in [2.05, 4.69) is 4.52 Å². The summed E-state index contributed by atoms with van der Waals surface area (Å²) in [5.41, 5.74) is 0. The van der Waals surface area contributed by atoms with Gasteiger partial charge in [-0.3, -0.25) is 0 Å². The molecule has 0 spiro atoms. The largest absolute Gasteiger partial charge is 0.474 e. The first-order valence-electron chi connectivity index (χ1n) is 4.32. The average Bonchev–Trinajstić information content (AvgIpc) is 2.12. The molecule has 0 aliphatic heterocycles. The van der Waals surface area contributed by atoms with Crippen LogP contribution in [0.1, 0.15) is 6.92 Å². The first-order valence-corrected chi connectivity index (χ1v) is 5.85. The second-order valence-electron chi connectivity index (χ2n) is 3.49. The zero-order valence-electron chi connectivity index (χ0n) is 9.14. The number of phosphoric ester groups is 1. The van der Waals surface area contributed by atoms with E-state index in [-0.39, 0.29) is 6.92 Å². The maximum Gasteiger partial charge on any atom is 0.474 e. The van der Waals surface area contributed by atoms with E-state index < -0.39 is 37.9 Å². The normalized spacial score (nSPS) is 17.2. The molecule has 0 rings (SSSR count). The fourth-order valence-corrected chi connectivity index (χ4v) is 1.26. The molecule has 0 aromatic rings. The lowest BCUT2D eigenvalue weighted by molar-refractivity contribution is -0.415. The predicted molar refractivity (Wildman–Crippen MR) is 43.5 cm³/mol. The topological polar surface area (TPSA) is 66.8 Å². The number of rotatable bonds is 6. The van der Waals surface area contributed by atoms with Crippen molar-refractivity contribution in [2.24, 2.45) is 0 Å². The fraction of sp³-hybridized carbons (Fsp3) is 1.00. The number of hydrogen-bond acceptors (Lipinski definition) is 2. The van der Waals surface area contributed by atoms with Crippen molar-refractivity contribution in [2.45, 2.75) is 37.0 Å². The quantitative estimate of drug-likeness (QED) is 0.574. The molecule has 1 atom stereocenters. The van der Waals surface area contributed by atoms with Gasteiger partial charge in [-0.15, -0.1) is 0 Å². The lowest BCUT2D eigenvalue weighted by atomic mass is 10.0. The fourth-order valence-electron chi connectivity index (χ4n) is 0.849. The third kappa shape index (κ3) is 3.21. The molecule has 0 aromatic carbocycles. The Bertz CT molecular complexity index is 403. The Morgan fingerprint density at radius 1 is 0.950 bits per heavy atom. The Morgan fingerprint density at radius 2 is 1.30 bits per heavy atom. The van der Waals surface area contributed by atoms with Crippen LogP contribution >= 0.6 is 7.82 Å². The van der Waals surface area contributed by atoms with Gasteiger partial charge in [-0.2, -0.15) is 35.1 Å². The Morgan fingerprint density at radius 3 is 1.55 bits per heavy atom. The molecule has 0 saturated carbocycles. The zero-order valence-corrected chi connectivity index (χ0v) is 10.0. The third-order valence-corrected chi connectivity index (χ3v) is 2.38. The molecule has 0 aromatic heterocycles.